The first kappa shape index (κ1) is 10.3. The predicted molar refractivity (Wildman–Crippen MR) is 59.7 cm³/mol. The molecule has 0 heterocycles. The van der Waals surface area contributed by atoms with Crippen molar-refractivity contribution in [2.45, 2.75) is 44.9 Å². The van der Waals surface area contributed by atoms with Crippen LogP contribution in [0.5, 0.6) is 0 Å². The molecule has 13 heavy (non-hydrogen) atoms. The average Bonchev–Trinajstić information content (AvgIpc) is 2.18. The molecule has 0 heteroatoms. The van der Waals surface area contributed by atoms with Gasteiger partial charge < -0.3 is 0 Å². The fraction of sp³-hybridized carbons (Fsp3) is 0.538. The highest BCUT2D eigenvalue weighted by atomic mass is 13.9. The fourth-order valence-corrected chi connectivity index (χ4v) is 1.48. The Morgan fingerprint density at radius 1 is 0.462 bits per heavy atom. The summed E-state index contributed by atoms with van der Waals surface area (Å²) >= 11 is 0. The summed E-state index contributed by atoms with van der Waals surface area (Å²) in [6.07, 6.45) is 22.5. The zero-order valence-electron chi connectivity index (χ0n) is 8.41. The van der Waals surface area contributed by atoms with Crippen molar-refractivity contribution in [1.82, 2.24) is 0 Å². The average molecular weight is 176 g/mol. The number of hydrogen-bond acceptors (Lipinski definition) is 0. The zero-order chi connectivity index (χ0) is 9.19. The van der Waals surface area contributed by atoms with Crippen LogP contribution < -0.4 is 0 Å². The van der Waals surface area contributed by atoms with Crippen LogP contribution in [0.1, 0.15) is 44.9 Å². The second kappa shape index (κ2) is 7.85. The molecule has 0 aromatic rings. The monoisotopic (exact) mass is 176 g/mol. The Balaban J connectivity index is 2.28. The number of rotatable bonds is 0. The lowest BCUT2D eigenvalue weighted by Crippen LogP contribution is -1.74. The number of allylic oxidation sites excluding steroid dienone is 6. The molecule has 0 aromatic carbocycles. The van der Waals surface area contributed by atoms with Gasteiger partial charge in [-0.1, -0.05) is 42.9 Å². The van der Waals surface area contributed by atoms with Crippen molar-refractivity contribution >= 4 is 0 Å². The Hall–Kier alpha value is -0.780. The maximum absolute atomic E-state index is 2.33. The van der Waals surface area contributed by atoms with E-state index in [1.54, 1.807) is 0 Å². The van der Waals surface area contributed by atoms with Gasteiger partial charge >= 0.3 is 0 Å². The van der Waals surface area contributed by atoms with Crippen molar-refractivity contribution in [1.29, 1.82) is 0 Å². The predicted octanol–water partition coefficient (Wildman–Crippen LogP) is 4.40. The van der Waals surface area contributed by atoms with E-state index in [9.17, 15) is 0 Å². The third-order valence-electron chi connectivity index (χ3n) is 2.29. The maximum Gasteiger partial charge on any atom is -0.0313 e. The molecule has 1 aliphatic rings. The lowest BCUT2D eigenvalue weighted by molar-refractivity contribution is 0.695. The van der Waals surface area contributed by atoms with Gasteiger partial charge in [-0.25, -0.2) is 0 Å². The third kappa shape index (κ3) is 6.39. The molecule has 0 spiro atoms. The largest absolute Gasteiger partial charge is 0.0885 e. The summed E-state index contributed by atoms with van der Waals surface area (Å²) < 4.78 is 0. The van der Waals surface area contributed by atoms with Crippen LogP contribution in [0.25, 0.3) is 0 Å². The number of hydrogen-bond donors (Lipinski definition) is 0. The molecule has 0 N–H and O–H groups in total. The molecule has 0 fully saturated rings. The van der Waals surface area contributed by atoms with Crippen LogP contribution in [-0.4, -0.2) is 0 Å². The van der Waals surface area contributed by atoms with Crippen molar-refractivity contribution in [2.75, 3.05) is 0 Å². The van der Waals surface area contributed by atoms with Gasteiger partial charge in [0, 0.05) is 0 Å². The molecule has 0 nitrogen and oxygen atoms in total. The summed E-state index contributed by atoms with van der Waals surface area (Å²) in [7, 11) is 0. The van der Waals surface area contributed by atoms with Crippen LogP contribution in [0.15, 0.2) is 36.5 Å². The molecular weight excluding hydrogens is 156 g/mol. The van der Waals surface area contributed by atoms with Gasteiger partial charge in [0.15, 0.2) is 0 Å². The van der Waals surface area contributed by atoms with Gasteiger partial charge in [0.2, 0.25) is 0 Å². The van der Waals surface area contributed by atoms with Crippen molar-refractivity contribution in [3.63, 3.8) is 0 Å². The van der Waals surface area contributed by atoms with Crippen LogP contribution in [0.2, 0.25) is 0 Å². The van der Waals surface area contributed by atoms with Gasteiger partial charge in [0.1, 0.15) is 0 Å². The summed E-state index contributed by atoms with van der Waals surface area (Å²) in [5.74, 6) is 0. The van der Waals surface area contributed by atoms with Gasteiger partial charge in [0.25, 0.3) is 0 Å². The van der Waals surface area contributed by atoms with Crippen LogP contribution in [0.4, 0.5) is 0 Å². The Bertz CT molecular complexity index is 184. The first-order chi connectivity index (χ1) is 6.50. The van der Waals surface area contributed by atoms with Crippen LogP contribution in [0.3, 0.4) is 0 Å². The summed E-state index contributed by atoms with van der Waals surface area (Å²) in [4.78, 5) is 0. The minimum Gasteiger partial charge on any atom is -0.0885 e. The van der Waals surface area contributed by atoms with E-state index in [-0.39, 0.29) is 0 Å². The fourth-order valence-electron chi connectivity index (χ4n) is 1.48. The van der Waals surface area contributed by atoms with E-state index in [0.29, 0.717) is 0 Å². The highest BCUT2D eigenvalue weighted by Gasteiger charge is 1.86. The highest BCUT2D eigenvalue weighted by molar-refractivity contribution is 5.03. The highest BCUT2D eigenvalue weighted by Crippen LogP contribution is 2.06. The lowest BCUT2D eigenvalue weighted by atomic mass is 10.1. The van der Waals surface area contributed by atoms with E-state index in [2.05, 4.69) is 36.5 Å². The second-order valence-corrected chi connectivity index (χ2v) is 3.54. The zero-order valence-corrected chi connectivity index (χ0v) is 8.41. The van der Waals surface area contributed by atoms with Crippen molar-refractivity contribution in [3.05, 3.63) is 36.5 Å². The summed E-state index contributed by atoms with van der Waals surface area (Å²) in [5.41, 5.74) is 0. The molecule has 0 atom stereocenters. The molecule has 0 saturated heterocycles. The minimum absolute atomic E-state index is 1.18. The molecule has 0 saturated carbocycles. The van der Waals surface area contributed by atoms with E-state index >= 15 is 0 Å². The van der Waals surface area contributed by atoms with Crippen LogP contribution in [-0.2, 0) is 0 Å². The lowest BCUT2D eigenvalue weighted by Gasteiger charge is -1.94. The van der Waals surface area contributed by atoms with Crippen molar-refractivity contribution in [2.24, 2.45) is 0 Å². The Labute approximate surface area is 82.0 Å². The van der Waals surface area contributed by atoms with Gasteiger partial charge in [-0.2, -0.15) is 0 Å². The van der Waals surface area contributed by atoms with Crippen molar-refractivity contribution in [3.8, 4) is 0 Å². The van der Waals surface area contributed by atoms with E-state index in [1.165, 1.54) is 44.9 Å². The first-order valence-electron chi connectivity index (χ1n) is 5.47. The van der Waals surface area contributed by atoms with Gasteiger partial charge in [-0.3, -0.25) is 0 Å². The molecule has 0 amide bonds. The van der Waals surface area contributed by atoms with E-state index in [1.807, 2.05) is 0 Å². The normalized spacial score (nSPS) is 25.2. The van der Waals surface area contributed by atoms with Gasteiger partial charge in [-0.05, 0) is 38.5 Å². The standard InChI is InChI=1S/C13H20/c1-2-4-6-8-10-12-13-11-9-7-5-3-1/h1-4,9,11H,5-8,10,12-13H2/b3-1-,4-2?,11-9+. The van der Waals surface area contributed by atoms with Crippen LogP contribution >= 0.6 is 0 Å². The topological polar surface area (TPSA) is 0 Å². The summed E-state index contributed by atoms with van der Waals surface area (Å²) in [5, 5.41) is 0. The molecule has 0 radical (unpaired) electrons. The molecular formula is C13H20. The van der Waals surface area contributed by atoms with E-state index < -0.39 is 0 Å². The Morgan fingerprint density at radius 3 is 1.85 bits per heavy atom. The van der Waals surface area contributed by atoms with Crippen molar-refractivity contribution < 1.29 is 0 Å². The third-order valence-corrected chi connectivity index (χ3v) is 2.29. The van der Waals surface area contributed by atoms with Gasteiger partial charge in [0.05, 0.1) is 0 Å². The smallest absolute Gasteiger partial charge is 0.0313 e. The second-order valence-electron chi connectivity index (χ2n) is 3.54. The molecule has 1 rings (SSSR count). The van der Waals surface area contributed by atoms with Gasteiger partial charge in [-0.15, -0.1) is 0 Å². The molecule has 72 valence electrons. The molecule has 0 unspecified atom stereocenters. The summed E-state index contributed by atoms with van der Waals surface area (Å²) in [6.45, 7) is 0. The maximum atomic E-state index is 2.33. The molecule has 0 bridgehead atoms. The molecule has 0 aliphatic heterocycles. The van der Waals surface area contributed by atoms with E-state index in [0.717, 1.165) is 0 Å². The Morgan fingerprint density at radius 2 is 1.00 bits per heavy atom. The van der Waals surface area contributed by atoms with Crippen LogP contribution in [0, 0.1) is 0 Å². The Kier molecular flexibility index (Phi) is 6.22. The quantitative estimate of drug-likeness (QED) is 0.480. The first-order valence-corrected chi connectivity index (χ1v) is 5.47. The van der Waals surface area contributed by atoms with E-state index in [4.69, 9.17) is 0 Å². The molecule has 0 aromatic heterocycles. The molecule has 1 aliphatic carbocycles. The minimum atomic E-state index is 1.18. The summed E-state index contributed by atoms with van der Waals surface area (Å²) in [6, 6.07) is 0. The SMILES string of the molecule is C1=CCCCCC/C=C/CC/C=C\1.